The van der Waals surface area contributed by atoms with Crippen LogP contribution in [0.5, 0.6) is 5.88 Å². The van der Waals surface area contributed by atoms with Crippen LogP contribution in [0.2, 0.25) is 0 Å². The first-order chi connectivity index (χ1) is 9.04. The molecule has 0 bridgehead atoms. The first-order valence-electron chi connectivity index (χ1n) is 6.24. The molecule has 1 aliphatic rings. The first kappa shape index (κ1) is 14.6. The van der Waals surface area contributed by atoms with Crippen LogP contribution in [0.25, 0.3) is 0 Å². The van der Waals surface area contributed by atoms with Gasteiger partial charge in [-0.05, 0) is 24.9 Å². The molecule has 0 aromatic carbocycles. The molecule has 1 N–H and O–H groups in total. The topological polar surface area (TPSA) is 43.4 Å². The Labute approximate surface area is 115 Å². The number of methoxy groups -OCH3 is 1. The highest BCUT2D eigenvalue weighted by Gasteiger charge is 2.41. The normalized spacial score (nSPS) is 24.7. The van der Waals surface area contributed by atoms with E-state index in [2.05, 4.69) is 9.69 Å². The van der Waals surface area contributed by atoms with Crippen molar-refractivity contribution in [3.63, 3.8) is 0 Å². The van der Waals surface area contributed by atoms with Gasteiger partial charge in [-0.2, -0.15) is 4.37 Å². The van der Waals surface area contributed by atoms with Crippen LogP contribution < -0.4 is 10.1 Å². The van der Waals surface area contributed by atoms with Gasteiger partial charge in [0.2, 0.25) is 5.88 Å². The molecule has 1 aromatic heterocycles. The molecule has 108 valence electrons. The molecule has 2 heterocycles. The van der Waals surface area contributed by atoms with Crippen molar-refractivity contribution in [2.75, 3.05) is 20.3 Å². The third-order valence-corrected chi connectivity index (χ3v) is 3.94. The zero-order valence-electron chi connectivity index (χ0n) is 11.0. The number of halogens is 2. The van der Waals surface area contributed by atoms with Crippen molar-refractivity contribution < 1.29 is 18.3 Å². The molecule has 1 fully saturated rings. The van der Waals surface area contributed by atoms with Crippen LogP contribution in [-0.4, -0.2) is 36.7 Å². The summed E-state index contributed by atoms with van der Waals surface area (Å²) in [6, 6.07) is -1.11. The molecule has 0 spiro atoms. The average Bonchev–Trinajstić information content (AvgIpc) is 2.78. The Morgan fingerprint density at radius 1 is 1.58 bits per heavy atom. The fraction of sp³-hybridized carbons (Fsp3) is 0.750. The fourth-order valence-electron chi connectivity index (χ4n) is 2.17. The Kier molecular flexibility index (Phi) is 4.70. The van der Waals surface area contributed by atoms with E-state index in [1.54, 1.807) is 0 Å². The quantitative estimate of drug-likeness (QED) is 0.926. The van der Waals surface area contributed by atoms with E-state index in [1.165, 1.54) is 18.6 Å². The van der Waals surface area contributed by atoms with Crippen LogP contribution in [0.3, 0.4) is 0 Å². The second kappa shape index (κ2) is 6.11. The molecule has 1 saturated heterocycles. The molecular weight excluding hydrogens is 274 g/mol. The second-order valence-electron chi connectivity index (χ2n) is 4.63. The lowest BCUT2D eigenvalue weighted by molar-refractivity contribution is -0.0465. The summed E-state index contributed by atoms with van der Waals surface area (Å²) in [5.41, 5.74) is 0.813. The van der Waals surface area contributed by atoms with E-state index < -0.39 is 12.0 Å². The Bertz CT molecular complexity index is 414. The summed E-state index contributed by atoms with van der Waals surface area (Å²) in [7, 11) is 1.53. The number of nitrogens with one attached hydrogen (secondary N) is 1. The molecule has 7 heteroatoms. The summed E-state index contributed by atoms with van der Waals surface area (Å²) in [5.74, 6) is -2.25. The summed E-state index contributed by atoms with van der Waals surface area (Å²) in [4.78, 5) is 0. The average molecular weight is 292 g/mol. The standard InChI is InChI=1S/C12H18F2N2O2S/c1-8(9-7-19-16-11(9)17-2)15-10-3-5-18-6-4-12(10,13)14/h7-8,10,15H,3-6H2,1-2H3. The Balaban J connectivity index is 2.06. The van der Waals surface area contributed by atoms with E-state index in [-0.39, 0.29) is 19.1 Å². The zero-order chi connectivity index (χ0) is 13.9. The molecule has 0 aliphatic carbocycles. The first-order valence-corrected chi connectivity index (χ1v) is 7.08. The largest absolute Gasteiger partial charge is 0.480 e. The number of rotatable bonds is 4. The van der Waals surface area contributed by atoms with E-state index in [9.17, 15) is 8.78 Å². The van der Waals surface area contributed by atoms with Crippen LogP contribution in [0.1, 0.15) is 31.4 Å². The van der Waals surface area contributed by atoms with Crippen LogP contribution in [0.15, 0.2) is 5.38 Å². The number of alkyl halides is 2. The Hall–Kier alpha value is -0.790. The van der Waals surface area contributed by atoms with Gasteiger partial charge in [0.15, 0.2) is 0 Å². The monoisotopic (exact) mass is 292 g/mol. The lowest BCUT2D eigenvalue weighted by Crippen LogP contribution is -2.45. The van der Waals surface area contributed by atoms with E-state index in [0.717, 1.165) is 5.56 Å². The minimum absolute atomic E-state index is 0.114. The smallest absolute Gasteiger partial charge is 0.265 e. The van der Waals surface area contributed by atoms with E-state index >= 15 is 0 Å². The second-order valence-corrected chi connectivity index (χ2v) is 5.26. The SMILES string of the molecule is COc1nscc1C(C)NC1CCOCCC1(F)F. The molecule has 0 amide bonds. The predicted molar refractivity (Wildman–Crippen MR) is 69.0 cm³/mol. The Morgan fingerprint density at radius 3 is 3.11 bits per heavy atom. The predicted octanol–water partition coefficient (Wildman–Crippen LogP) is 2.62. The molecular formula is C12H18F2N2O2S. The van der Waals surface area contributed by atoms with Crippen LogP contribution in [0.4, 0.5) is 8.78 Å². The molecule has 1 aliphatic heterocycles. The van der Waals surface area contributed by atoms with Gasteiger partial charge in [-0.3, -0.25) is 0 Å². The molecule has 2 rings (SSSR count). The van der Waals surface area contributed by atoms with Crippen LogP contribution in [-0.2, 0) is 4.74 Å². The van der Waals surface area contributed by atoms with Crippen molar-refractivity contribution in [3.05, 3.63) is 10.9 Å². The molecule has 0 radical (unpaired) electrons. The highest BCUT2D eigenvalue weighted by atomic mass is 32.1. The number of aromatic nitrogens is 1. The minimum Gasteiger partial charge on any atom is -0.480 e. The molecule has 2 atom stereocenters. The maximum atomic E-state index is 13.9. The number of hydrogen-bond acceptors (Lipinski definition) is 5. The lowest BCUT2D eigenvalue weighted by Gasteiger charge is -2.28. The van der Waals surface area contributed by atoms with Crippen molar-refractivity contribution in [1.29, 1.82) is 0 Å². The summed E-state index contributed by atoms with van der Waals surface area (Å²) >= 11 is 1.26. The van der Waals surface area contributed by atoms with Gasteiger partial charge >= 0.3 is 0 Å². The third-order valence-electron chi connectivity index (χ3n) is 3.31. The minimum atomic E-state index is -2.75. The molecule has 4 nitrogen and oxygen atoms in total. The highest BCUT2D eigenvalue weighted by Crippen LogP contribution is 2.31. The van der Waals surface area contributed by atoms with E-state index in [4.69, 9.17) is 9.47 Å². The zero-order valence-corrected chi connectivity index (χ0v) is 11.8. The van der Waals surface area contributed by atoms with Gasteiger partial charge in [0.25, 0.3) is 5.92 Å². The number of hydrogen-bond donors (Lipinski definition) is 1. The van der Waals surface area contributed by atoms with Gasteiger partial charge in [0, 0.05) is 30.0 Å². The number of nitrogens with zero attached hydrogens (tertiary/aromatic N) is 1. The molecule has 1 aromatic rings. The van der Waals surface area contributed by atoms with Crippen molar-refractivity contribution in [1.82, 2.24) is 9.69 Å². The highest BCUT2D eigenvalue weighted by molar-refractivity contribution is 7.03. The van der Waals surface area contributed by atoms with Gasteiger partial charge in [-0.1, -0.05) is 0 Å². The van der Waals surface area contributed by atoms with Crippen molar-refractivity contribution in [2.24, 2.45) is 0 Å². The van der Waals surface area contributed by atoms with Crippen molar-refractivity contribution in [3.8, 4) is 5.88 Å². The van der Waals surface area contributed by atoms with Crippen LogP contribution >= 0.6 is 11.5 Å². The van der Waals surface area contributed by atoms with Gasteiger partial charge < -0.3 is 14.8 Å². The van der Waals surface area contributed by atoms with E-state index in [1.807, 2.05) is 12.3 Å². The maximum absolute atomic E-state index is 13.9. The fourth-order valence-corrected chi connectivity index (χ4v) is 2.92. The van der Waals surface area contributed by atoms with Gasteiger partial charge in [0.05, 0.1) is 19.8 Å². The molecule has 19 heavy (non-hydrogen) atoms. The summed E-state index contributed by atoms with van der Waals surface area (Å²) < 4.78 is 42.2. The van der Waals surface area contributed by atoms with Crippen molar-refractivity contribution in [2.45, 2.75) is 37.8 Å². The molecule has 2 unspecified atom stereocenters. The van der Waals surface area contributed by atoms with Crippen molar-refractivity contribution >= 4 is 11.5 Å². The van der Waals surface area contributed by atoms with Crippen LogP contribution in [0, 0.1) is 0 Å². The van der Waals surface area contributed by atoms with Gasteiger partial charge in [-0.15, -0.1) is 0 Å². The number of ether oxygens (including phenoxy) is 2. The third kappa shape index (κ3) is 3.40. The summed E-state index contributed by atoms with van der Waals surface area (Å²) in [6.07, 6.45) is 0.0631. The summed E-state index contributed by atoms with van der Waals surface area (Å²) in [6.45, 7) is 2.32. The Morgan fingerprint density at radius 2 is 2.37 bits per heavy atom. The lowest BCUT2D eigenvalue weighted by atomic mass is 10.0. The van der Waals surface area contributed by atoms with Gasteiger partial charge in [0.1, 0.15) is 0 Å². The molecule has 0 saturated carbocycles. The van der Waals surface area contributed by atoms with Gasteiger partial charge in [-0.25, -0.2) is 8.78 Å². The maximum Gasteiger partial charge on any atom is 0.265 e. The van der Waals surface area contributed by atoms with E-state index in [0.29, 0.717) is 18.9 Å². The summed E-state index contributed by atoms with van der Waals surface area (Å²) in [5, 5.41) is 4.80.